The molecule has 0 fully saturated rings. The highest BCUT2D eigenvalue weighted by molar-refractivity contribution is 5.95. The zero-order chi connectivity index (χ0) is 20.9. The van der Waals surface area contributed by atoms with E-state index in [1.807, 2.05) is 60.7 Å². The lowest BCUT2D eigenvalue weighted by molar-refractivity contribution is -0.137. The summed E-state index contributed by atoms with van der Waals surface area (Å²) in [7, 11) is 0. The fourth-order valence-corrected chi connectivity index (χ4v) is 3.34. The van der Waals surface area contributed by atoms with Crippen molar-refractivity contribution in [1.29, 1.82) is 0 Å². The summed E-state index contributed by atoms with van der Waals surface area (Å²) in [6.07, 6.45) is -2.32. The number of alkyl halides is 3. The number of hydrogen-bond acceptors (Lipinski definition) is 1. The highest BCUT2D eigenvalue weighted by atomic mass is 19.4. The van der Waals surface area contributed by atoms with Gasteiger partial charge < -0.3 is 5.32 Å². The van der Waals surface area contributed by atoms with Crippen molar-refractivity contribution >= 4 is 5.91 Å². The number of rotatable bonds is 6. The molecule has 1 N–H and O–H groups in total. The van der Waals surface area contributed by atoms with Gasteiger partial charge in [-0.3, -0.25) is 4.79 Å². The summed E-state index contributed by atoms with van der Waals surface area (Å²) in [6, 6.07) is 23.1. The highest BCUT2D eigenvalue weighted by Crippen LogP contribution is 2.34. The number of halogens is 3. The SMILES string of the molecule is C=CCC(NC(=O)c1ccc(C(F)(F)F)cc1)(c1ccccc1)c1ccccc1. The molecule has 2 nitrogen and oxygen atoms in total. The number of carbonyl (C=O) groups excluding carboxylic acids is 1. The summed E-state index contributed by atoms with van der Waals surface area (Å²) >= 11 is 0. The molecule has 0 aliphatic rings. The van der Waals surface area contributed by atoms with Crippen LogP contribution in [0.5, 0.6) is 0 Å². The average Bonchev–Trinajstić information content (AvgIpc) is 2.74. The molecule has 0 aliphatic heterocycles. The number of benzene rings is 3. The molecule has 1 amide bonds. The Balaban J connectivity index is 2.03. The maximum absolute atomic E-state index is 13.0. The van der Waals surface area contributed by atoms with Crippen molar-refractivity contribution in [2.24, 2.45) is 0 Å². The zero-order valence-corrected chi connectivity index (χ0v) is 15.6. The van der Waals surface area contributed by atoms with Gasteiger partial charge in [-0.05, 0) is 41.8 Å². The summed E-state index contributed by atoms with van der Waals surface area (Å²) in [5.74, 6) is -0.465. The molecule has 0 aromatic heterocycles. The molecular formula is C24H20F3NO. The first-order chi connectivity index (χ1) is 13.9. The van der Waals surface area contributed by atoms with Crippen LogP contribution < -0.4 is 5.32 Å². The van der Waals surface area contributed by atoms with E-state index in [1.54, 1.807) is 6.08 Å². The van der Waals surface area contributed by atoms with Gasteiger partial charge in [-0.15, -0.1) is 6.58 Å². The van der Waals surface area contributed by atoms with Crippen LogP contribution in [0.3, 0.4) is 0 Å². The number of hydrogen-bond donors (Lipinski definition) is 1. The van der Waals surface area contributed by atoms with Gasteiger partial charge in [0.2, 0.25) is 0 Å². The minimum atomic E-state index is -4.45. The number of nitrogens with one attached hydrogen (secondary N) is 1. The molecule has 0 heterocycles. The lowest BCUT2D eigenvalue weighted by Gasteiger charge is -2.35. The minimum absolute atomic E-state index is 0.151. The van der Waals surface area contributed by atoms with Gasteiger partial charge in [0.15, 0.2) is 0 Å². The van der Waals surface area contributed by atoms with Crippen molar-refractivity contribution in [2.45, 2.75) is 18.1 Å². The molecule has 0 spiro atoms. The van der Waals surface area contributed by atoms with E-state index in [0.717, 1.165) is 23.3 Å². The van der Waals surface area contributed by atoms with E-state index in [-0.39, 0.29) is 5.56 Å². The standard InChI is InChI=1S/C24H20F3NO/c1-2-17-23(19-9-5-3-6-10-19,20-11-7-4-8-12-20)28-22(29)18-13-15-21(16-14-18)24(25,26)27/h2-16H,1,17H2,(H,28,29). The molecule has 0 saturated carbocycles. The third-order valence-corrected chi connectivity index (χ3v) is 4.79. The fraction of sp³-hybridized carbons (Fsp3) is 0.125. The third kappa shape index (κ3) is 4.40. The average molecular weight is 395 g/mol. The maximum atomic E-state index is 13.0. The molecular weight excluding hydrogens is 375 g/mol. The van der Waals surface area contributed by atoms with E-state index in [1.165, 1.54) is 12.1 Å². The summed E-state index contributed by atoms with van der Waals surface area (Å²) in [6.45, 7) is 3.84. The molecule has 148 valence electrons. The maximum Gasteiger partial charge on any atom is 0.416 e. The molecule has 3 rings (SSSR count). The Morgan fingerprint density at radius 1 is 0.793 bits per heavy atom. The van der Waals surface area contributed by atoms with E-state index >= 15 is 0 Å². The first-order valence-corrected chi connectivity index (χ1v) is 9.08. The molecule has 0 unspecified atom stereocenters. The van der Waals surface area contributed by atoms with Crippen LogP contribution in [0.15, 0.2) is 97.6 Å². The van der Waals surface area contributed by atoms with Crippen LogP contribution in [-0.2, 0) is 11.7 Å². The third-order valence-electron chi connectivity index (χ3n) is 4.79. The normalized spacial score (nSPS) is 11.7. The van der Waals surface area contributed by atoms with Crippen molar-refractivity contribution in [2.75, 3.05) is 0 Å². The molecule has 0 aliphatic carbocycles. The second-order valence-corrected chi connectivity index (χ2v) is 6.66. The molecule has 3 aromatic carbocycles. The van der Waals surface area contributed by atoms with E-state index < -0.39 is 23.2 Å². The monoisotopic (exact) mass is 395 g/mol. The van der Waals surface area contributed by atoms with Gasteiger partial charge in [-0.25, -0.2) is 0 Å². The van der Waals surface area contributed by atoms with E-state index in [0.29, 0.717) is 6.42 Å². The first kappa shape index (κ1) is 20.4. The fourth-order valence-electron chi connectivity index (χ4n) is 3.34. The quantitative estimate of drug-likeness (QED) is 0.513. The van der Waals surface area contributed by atoms with Crippen LogP contribution in [0.4, 0.5) is 13.2 Å². The zero-order valence-electron chi connectivity index (χ0n) is 15.6. The van der Waals surface area contributed by atoms with Gasteiger partial charge in [0.1, 0.15) is 0 Å². The van der Waals surface area contributed by atoms with Crippen LogP contribution >= 0.6 is 0 Å². The summed E-state index contributed by atoms with van der Waals surface area (Å²) in [4.78, 5) is 13.0. The van der Waals surface area contributed by atoms with Crippen molar-refractivity contribution in [3.63, 3.8) is 0 Å². The highest BCUT2D eigenvalue weighted by Gasteiger charge is 2.35. The second kappa shape index (κ2) is 8.35. The summed E-state index contributed by atoms with van der Waals surface area (Å²) < 4.78 is 38.5. The molecule has 5 heteroatoms. The van der Waals surface area contributed by atoms with Gasteiger partial charge in [0.05, 0.1) is 11.1 Å². The van der Waals surface area contributed by atoms with Crippen LogP contribution in [-0.4, -0.2) is 5.91 Å². The van der Waals surface area contributed by atoms with Crippen LogP contribution in [0.1, 0.15) is 33.5 Å². The lowest BCUT2D eigenvalue weighted by Crippen LogP contribution is -2.46. The number of carbonyl (C=O) groups is 1. The Bertz CT molecular complexity index is 925. The molecule has 29 heavy (non-hydrogen) atoms. The smallest absolute Gasteiger partial charge is 0.338 e. The Labute approximate surface area is 167 Å². The Morgan fingerprint density at radius 2 is 1.28 bits per heavy atom. The van der Waals surface area contributed by atoms with Crippen LogP contribution in [0.25, 0.3) is 0 Å². The first-order valence-electron chi connectivity index (χ1n) is 9.08. The van der Waals surface area contributed by atoms with Gasteiger partial charge in [-0.2, -0.15) is 13.2 Å². The van der Waals surface area contributed by atoms with Gasteiger partial charge in [0, 0.05) is 5.56 Å². The van der Waals surface area contributed by atoms with Crippen molar-refractivity contribution in [3.8, 4) is 0 Å². The Kier molecular flexibility index (Phi) is 5.87. The molecule has 0 radical (unpaired) electrons. The van der Waals surface area contributed by atoms with Gasteiger partial charge >= 0.3 is 6.18 Å². The van der Waals surface area contributed by atoms with Crippen LogP contribution in [0, 0.1) is 0 Å². The van der Waals surface area contributed by atoms with Gasteiger partial charge in [0.25, 0.3) is 5.91 Å². The van der Waals surface area contributed by atoms with Gasteiger partial charge in [-0.1, -0.05) is 66.7 Å². The van der Waals surface area contributed by atoms with E-state index in [9.17, 15) is 18.0 Å². The van der Waals surface area contributed by atoms with E-state index in [4.69, 9.17) is 0 Å². The minimum Gasteiger partial charge on any atom is -0.338 e. The predicted molar refractivity (Wildman–Crippen MR) is 107 cm³/mol. The number of amides is 1. The Hall–Kier alpha value is -3.34. The Morgan fingerprint density at radius 3 is 1.69 bits per heavy atom. The molecule has 0 saturated heterocycles. The predicted octanol–water partition coefficient (Wildman–Crippen LogP) is 5.96. The van der Waals surface area contributed by atoms with Crippen molar-refractivity contribution in [1.82, 2.24) is 5.32 Å². The topological polar surface area (TPSA) is 29.1 Å². The summed E-state index contributed by atoms with van der Waals surface area (Å²) in [5.41, 5.74) is 0.165. The molecule has 0 atom stereocenters. The van der Waals surface area contributed by atoms with Crippen LogP contribution in [0.2, 0.25) is 0 Å². The van der Waals surface area contributed by atoms with Crippen molar-refractivity contribution < 1.29 is 18.0 Å². The second-order valence-electron chi connectivity index (χ2n) is 6.66. The largest absolute Gasteiger partial charge is 0.416 e. The molecule has 0 bridgehead atoms. The molecule has 3 aromatic rings. The van der Waals surface area contributed by atoms with E-state index in [2.05, 4.69) is 11.9 Å². The van der Waals surface area contributed by atoms with Crippen molar-refractivity contribution in [3.05, 3.63) is 120 Å². The summed E-state index contributed by atoms with van der Waals surface area (Å²) in [5, 5.41) is 3.05. The lowest BCUT2D eigenvalue weighted by atomic mass is 9.79.